The predicted molar refractivity (Wildman–Crippen MR) is 62.8 cm³/mol. The molecule has 2 aliphatic rings. The summed E-state index contributed by atoms with van der Waals surface area (Å²) in [5, 5.41) is 0.693. The largest absolute Gasteiger partial charge is 0.467 e. The van der Waals surface area contributed by atoms with E-state index in [1.165, 1.54) is 37.2 Å². The van der Waals surface area contributed by atoms with Crippen molar-refractivity contribution in [1.29, 1.82) is 0 Å². The molecule has 2 fully saturated rings. The molecule has 0 atom stereocenters. The van der Waals surface area contributed by atoms with Crippen molar-refractivity contribution < 1.29 is 4.74 Å². The van der Waals surface area contributed by atoms with Crippen molar-refractivity contribution in [2.75, 3.05) is 6.61 Å². The van der Waals surface area contributed by atoms with Crippen molar-refractivity contribution >= 4 is 11.5 Å². The van der Waals surface area contributed by atoms with Gasteiger partial charge in [0, 0.05) is 17.5 Å². The Balaban J connectivity index is 1.56. The van der Waals surface area contributed by atoms with Crippen LogP contribution in [0.15, 0.2) is 0 Å². The van der Waals surface area contributed by atoms with Crippen LogP contribution in [0.5, 0.6) is 5.19 Å². The van der Waals surface area contributed by atoms with Gasteiger partial charge in [0.2, 0.25) is 0 Å². The Labute approximate surface area is 99.4 Å². The van der Waals surface area contributed by atoms with Gasteiger partial charge in [-0.05, 0) is 25.7 Å². The van der Waals surface area contributed by atoms with Gasteiger partial charge in [-0.25, -0.2) is 0 Å². The highest BCUT2D eigenvalue weighted by atomic mass is 32.1. The minimum Gasteiger partial charge on any atom is -0.467 e. The molecule has 0 spiro atoms. The van der Waals surface area contributed by atoms with E-state index in [0.29, 0.717) is 17.7 Å². The van der Waals surface area contributed by atoms with Gasteiger partial charge in [0.15, 0.2) is 0 Å². The smallest absolute Gasteiger partial charge is 0.293 e. The first kappa shape index (κ1) is 10.5. The maximum Gasteiger partial charge on any atom is 0.293 e. The summed E-state index contributed by atoms with van der Waals surface area (Å²) in [4.78, 5) is 4.39. The summed E-state index contributed by atoms with van der Waals surface area (Å²) < 4.78 is 9.98. The lowest BCUT2D eigenvalue weighted by molar-refractivity contribution is 0.219. The van der Waals surface area contributed by atoms with Crippen LogP contribution in [0.2, 0.25) is 0 Å². The van der Waals surface area contributed by atoms with Crippen LogP contribution in [-0.4, -0.2) is 21.5 Å². The van der Waals surface area contributed by atoms with Gasteiger partial charge in [-0.15, -0.1) is 0 Å². The molecule has 4 nitrogen and oxygen atoms in total. The molecule has 1 aromatic rings. The number of nitrogens with two attached hydrogens (primary N) is 1. The van der Waals surface area contributed by atoms with E-state index in [1.54, 1.807) is 0 Å². The molecule has 3 rings (SSSR count). The molecule has 88 valence electrons. The molecule has 5 heteroatoms. The van der Waals surface area contributed by atoms with Gasteiger partial charge in [0.25, 0.3) is 5.19 Å². The first-order valence-corrected chi connectivity index (χ1v) is 6.78. The number of nitrogens with zero attached hydrogens (tertiary/aromatic N) is 2. The fourth-order valence-electron chi connectivity index (χ4n) is 2.22. The average Bonchev–Trinajstić information content (AvgIpc) is 2.87. The third-order valence-corrected chi connectivity index (χ3v) is 4.09. The molecule has 1 aromatic heterocycles. The Morgan fingerprint density at radius 3 is 2.81 bits per heavy atom. The average molecular weight is 239 g/mol. The predicted octanol–water partition coefficient (Wildman–Crippen LogP) is 2.07. The molecule has 0 saturated heterocycles. The summed E-state index contributed by atoms with van der Waals surface area (Å²) in [6.45, 7) is 0.590. The summed E-state index contributed by atoms with van der Waals surface area (Å²) in [6.07, 6.45) is 7.06. The van der Waals surface area contributed by atoms with Gasteiger partial charge in [-0.3, -0.25) is 0 Å². The van der Waals surface area contributed by atoms with Crippen LogP contribution in [0.3, 0.4) is 0 Å². The van der Waals surface area contributed by atoms with Crippen molar-refractivity contribution in [1.82, 2.24) is 9.36 Å². The lowest BCUT2D eigenvalue weighted by Gasteiger charge is -2.22. The van der Waals surface area contributed by atoms with E-state index < -0.39 is 0 Å². The molecule has 0 aliphatic heterocycles. The summed E-state index contributed by atoms with van der Waals surface area (Å²) in [5.41, 5.74) is 6.10. The number of rotatable bonds is 4. The molecule has 0 aromatic carbocycles. The first-order valence-electron chi connectivity index (χ1n) is 6.00. The van der Waals surface area contributed by atoms with Gasteiger partial charge in [-0.1, -0.05) is 12.8 Å². The van der Waals surface area contributed by atoms with Crippen molar-refractivity contribution in [3.8, 4) is 5.19 Å². The van der Waals surface area contributed by atoms with Crippen molar-refractivity contribution in [2.45, 2.75) is 50.0 Å². The van der Waals surface area contributed by atoms with Crippen molar-refractivity contribution in [3.05, 3.63) is 5.82 Å². The van der Waals surface area contributed by atoms with E-state index in [0.717, 1.165) is 18.7 Å². The molecule has 2 aliphatic carbocycles. The maximum atomic E-state index is 6.22. The van der Waals surface area contributed by atoms with Gasteiger partial charge >= 0.3 is 0 Å². The van der Waals surface area contributed by atoms with Crippen LogP contribution in [0.25, 0.3) is 0 Å². The molecule has 16 heavy (non-hydrogen) atoms. The fraction of sp³-hybridized carbons (Fsp3) is 0.818. The summed E-state index contributed by atoms with van der Waals surface area (Å²) in [6, 6.07) is 0. The zero-order chi connectivity index (χ0) is 11.0. The molecule has 0 unspecified atom stereocenters. The van der Waals surface area contributed by atoms with Gasteiger partial charge in [0.1, 0.15) is 12.4 Å². The number of aromatic nitrogens is 2. The van der Waals surface area contributed by atoms with E-state index in [4.69, 9.17) is 10.5 Å². The third kappa shape index (κ3) is 2.20. The standard InChI is InChI=1S/C11H17N3OS/c12-11(5-1-2-6-11)7-15-10-13-9(14-16-10)8-3-4-8/h8H,1-7,12H2. The second kappa shape index (κ2) is 3.96. The van der Waals surface area contributed by atoms with Crippen molar-refractivity contribution in [2.24, 2.45) is 5.73 Å². The SMILES string of the molecule is NC1(COc2nc(C3CC3)ns2)CCCC1. The highest BCUT2D eigenvalue weighted by Gasteiger charge is 2.31. The van der Waals surface area contributed by atoms with Crippen molar-refractivity contribution in [3.63, 3.8) is 0 Å². The second-order valence-corrected chi connectivity index (χ2v) is 5.77. The van der Waals surface area contributed by atoms with Crippen LogP contribution < -0.4 is 10.5 Å². The third-order valence-electron chi connectivity index (χ3n) is 3.45. The van der Waals surface area contributed by atoms with Gasteiger partial charge in [0.05, 0.1) is 5.54 Å². The topological polar surface area (TPSA) is 61.0 Å². The molecular weight excluding hydrogens is 222 g/mol. The first-order chi connectivity index (χ1) is 7.75. The molecular formula is C11H17N3OS. The Kier molecular flexibility index (Phi) is 2.59. The molecule has 0 amide bonds. The number of hydrogen-bond acceptors (Lipinski definition) is 5. The Hall–Kier alpha value is -0.680. The molecule has 0 radical (unpaired) electrons. The van der Waals surface area contributed by atoms with E-state index >= 15 is 0 Å². The number of ether oxygens (including phenoxy) is 1. The Morgan fingerprint density at radius 1 is 1.38 bits per heavy atom. The van der Waals surface area contributed by atoms with Gasteiger partial charge in [-0.2, -0.15) is 9.36 Å². The number of hydrogen-bond donors (Lipinski definition) is 1. The zero-order valence-corrected chi connectivity index (χ0v) is 10.1. The highest BCUT2D eigenvalue weighted by Crippen LogP contribution is 2.39. The summed E-state index contributed by atoms with van der Waals surface area (Å²) >= 11 is 1.36. The lowest BCUT2D eigenvalue weighted by Crippen LogP contribution is -2.42. The summed E-state index contributed by atoms with van der Waals surface area (Å²) in [7, 11) is 0. The van der Waals surface area contributed by atoms with Crippen LogP contribution in [-0.2, 0) is 0 Å². The molecule has 2 saturated carbocycles. The minimum absolute atomic E-state index is 0.120. The highest BCUT2D eigenvalue weighted by molar-refractivity contribution is 7.07. The second-order valence-electron chi connectivity index (χ2n) is 5.05. The van der Waals surface area contributed by atoms with Crippen LogP contribution >= 0.6 is 11.5 Å². The van der Waals surface area contributed by atoms with E-state index in [-0.39, 0.29) is 5.54 Å². The zero-order valence-electron chi connectivity index (χ0n) is 9.32. The van der Waals surface area contributed by atoms with Crippen LogP contribution in [0.1, 0.15) is 50.3 Å². The van der Waals surface area contributed by atoms with E-state index in [9.17, 15) is 0 Å². The van der Waals surface area contributed by atoms with Crippen LogP contribution in [0.4, 0.5) is 0 Å². The van der Waals surface area contributed by atoms with Gasteiger partial charge < -0.3 is 10.5 Å². The lowest BCUT2D eigenvalue weighted by atomic mass is 10.0. The Bertz CT molecular complexity index is 369. The van der Waals surface area contributed by atoms with Crippen LogP contribution in [0, 0.1) is 0 Å². The van der Waals surface area contributed by atoms with E-state index in [1.807, 2.05) is 0 Å². The molecule has 0 bridgehead atoms. The Morgan fingerprint density at radius 2 is 2.12 bits per heavy atom. The fourth-order valence-corrected chi connectivity index (χ4v) is 2.82. The maximum absolute atomic E-state index is 6.22. The molecule has 1 heterocycles. The monoisotopic (exact) mass is 239 g/mol. The molecule has 2 N–H and O–H groups in total. The quantitative estimate of drug-likeness (QED) is 0.873. The summed E-state index contributed by atoms with van der Waals surface area (Å²) in [5.74, 6) is 1.57. The normalized spacial score (nSPS) is 23.6. The van der Waals surface area contributed by atoms with E-state index in [2.05, 4.69) is 9.36 Å². The minimum atomic E-state index is -0.120.